The van der Waals surface area contributed by atoms with Crippen molar-refractivity contribution in [1.29, 1.82) is 0 Å². The molecule has 0 fully saturated rings. The van der Waals surface area contributed by atoms with Gasteiger partial charge in [-0.15, -0.1) is 11.3 Å². The highest BCUT2D eigenvalue weighted by atomic mass is 32.1. The number of aryl methyl sites for hydroxylation is 1. The molecule has 0 aliphatic rings. The van der Waals surface area contributed by atoms with Crippen LogP contribution in [0.1, 0.15) is 30.1 Å². The molecule has 2 rings (SSSR count). The Morgan fingerprint density at radius 3 is 2.90 bits per heavy atom. The zero-order chi connectivity index (χ0) is 15.4. The third kappa shape index (κ3) is 3.27. The molecule has 0 saturated carbocycles. The Kier molecular flexibility index (Phi) is 4.69. The number of hydrogen-bond acceptors (Lipinski definition) is 6. The van der Waals surface area contributed by atoms with E-state index in [-0.39, 0.29) is 36.1 Å². The van der Waals surface area contributed by atoms with Crippen LogP contribution < -0.4 is 5.56 Å². The molecular weight excluding hydrogens is 296 g/mol. The van der Waals surface area contributed by atoms with E-state index in [0.717, 1.165) is 0 Å². The number of nitrogens with zero attached hydrogens (tertiary/aromatic N) is 2. The maximum atomic E-state index is 12.4. The first-order valence-electron chi connectivity index (χ1n) is 6.40. The lowest BCUT2D eigenvalue weighted by Crippen LogP contribution is -2.22. The number of carbonyl (C=O) groups is 2. The first-order valence-corrected chi connectivity index (χ1v) is 7.28. The highest BCUT2D eigenvalue weighted by Gasteiger charge is 2.18. The standard InChI is InChI=1S/C13H14N2O5S/c1-2-20-13(19)8-6-21-11-10(8)12(18)15(7-14-11)5-3-4-9(16)17/h6-7H,2-5H2,1H3,(H,16,17). The second-order valence-corrected chi connectivity index (χ2v) is 5.15. The van der Waals surface area contributed by atoms with Gasteiger partial charge in [-0.1, -0.05) is 0 Å². The van der Waals surface area contributed by atoms with Gasteiger partial charge in [-0.25, -0.2) is 9.78 Å². The summed E-state index contributed by atoms with van der Waals surface area (Å²) >= 11 is 1.20. The molecule has 0 amide bonds. The number of carboxylic acids is 1. The van der Waals surface area contributed by atoms with Crippen molar-refractivity contribution in [3.05, 3.63) is 27.6 Å². The summed E-state index contributed by atoms with van der Waals surface area (Å²) in [7, 11) is 0. The van der Waals surface area contributed by atoms with Crippen LogP contribution >= 0.6 is 11.3 Å². The second kappa shape index (κ2) is 6.49. The van der Waals surface area contributed by atoms with Crippen molar-refractivity contribution in [3.8, 4) is 0 Å². The normalized spacial score (nSPS) is 10.7. The Balaban J connectivity index is 2.35. The molecular formula is C13H14N2O5S. The van der Waals surface area contributed by atoms with E-state index in [1.807, 2.05) is 0 Å². The molecule has 0 aliphatic heterocycles. The lowest BCUT2D eigenvalue weighted by atomic mass is 10.2. The molecule has 21 heavy (non-hydrogen) atoms. The molecule has 0 atom stereocenters. The highest BCUT2D eigenvalue weighted by Crippen LogP contribution is 2.21. The summed E-state index contributed by atoms with van der Waals surface area (Å²) in [6.07, 6.45) is 1.66. The molecule has 0 unspecified atom stereocenters. The molecule has 1 N–H and O–H groups in total. The molecule has 2 heterocycles. The topological polar surface area (TPSA) is 98.5 Å². The number of hydrogen-bond donors (Lipinski definition) is 1. The number of carbonyl (C=O) groups excluding carboxylic acids is 1. The van der Waals surface area contributed by atoms with E-state index in [2.05, 4.69) is 4.98 Å². The molecule has 2 aromatic heterocycles. The molecule has 0 bridgehead atoms. The summed E-state index contributed by atoms with van der Waals surface area (Å²) in [5.41, 5.74) is -0.142. The van der Waals surface area contributed by atoms with Crippen LogP contribution in [0.2, 0.25) is 0 Å². The van der Waals surface area contributed by atoms with E-state index in [1.165, 1.54) is 22.2 Å². The zero-order valence-corrected chi connectivity index (χ0v) is 12.2. The molecule has 7 nitrogen and oxygen atoms in total. The fraction of sp³-hybridized carbons (Fsp3) is 0.385. The number of aliphatic carboxylic acids is 1. The first kappa shape index (κ1) is 15.2. The first-order chi connectivity index (χ1) is 10.0. The zero-order valence-electron chi connectivity index (χ0n) is 11.4. The van der Waals surface area contributed by atoms with E-state index in [4.69, 9.17) is 9.84 Å². The summed E-state index contributed by atoms with van der Waals surface area (Å²) < 4.78 is 6.24. The van der Waals surface area contributed by atoms with Crippen molar-refractivity contribution in [2.24, 2.45) is 0 Å². The van der Waals surface area contributed by atoms with E-state index in [0.29, 0.717) is 11.3 Å². The lowest BCUT2D eigenvalue weighted by molar-refractivity contribution is -0.137. The van der Waals surface area contributed by atoms with Gasteiger partial charge in [-0.3, -0.25) is 14.2 Å². The summed E-state index contributed by atoms with van der Waals surface area (Å²) in [5.74, 6) is -1.47. The van der Waals surface area contributed by atoms with Gasteiger partial charge in [0.2, 0.25) is 0 Å². The van der Waals surface area contributed by atoms with Gasteiger partial charge in [0, 0.05) is 18.3 Å². The summed E-state index contributed by atoms with van der Waals surface area (Å²) in [6.45, 7) is 2.16. The minimum absolute atomic E-state index is 0.0289. The van der Waals surface area contributed by atoms with Crippen molar-refractivity contribution in [1.82, 2.24) is 9.55 Å². The third-order valence-corrected chi connectivity index (χ3v) is 3.73. The summed E-state index contributed by atoms with van der Waals surface area (Å²) in [6, 6.07) is 0. The Bertz CT molecular complexity index is 734. The number of thiophene rings is 1. The molecule has 0 spiro atoms. The molecule has 0 radical (unpaired) electrons. The number of aromatic nitrogens is 2. The fourth-order valence-corrected chi connectivity index (χ4v) is 2.75. The van der Waals surface area contributed by atoms with Crippen LogP contribution in [0, 0.1) is 0 Å². The minimum Gasteiger partial charge on any atom is -0.481 e. The van der Waals surface area contributed by atoms with Crippen LogP contribution in [0.3, 0.4) is 0 Å². The van der Waals surface area contributed by atoms with Crippen LogP contribution in [0.5, 0.6) is 0 Å². The van der Waals surface area contributed by atoms with Gasteiger partial charge >= 0.3 is 11.9 Å². The summed E-state index contributed by atoms with van der Waals surface area (Å²) in [4.78, 5) is 39.3. The van der Waals surface area contributed by atoms with Crippen LogP contribution in [-0.4, -0.2) is 33.2 Å². The van der Waals surface area contributed by atoms with Crippen molar-refractivity contribution < 1.29 is 19.4 Å². The van der Waals surface area contributed by atoms with Crippen molar-refractivity contribution >= 4 is 33.5 Å². The predicted molar refractivity (Wildman–Crippen MR) is 76.7 cm³/mol. The summed E-state index contributed by atoms with van der Waals surface area (Å²) in [5, 5.41) is 10.4. The van der Waals surface area contributed by atoms with Gasteiger partial charge in [0.15, 0.2) is 0 Å². The highest BCUT2D eigenvalue weighted by molar-refractivity contribution is 7.17. The van der Waals surface area contributed by atoms with Gasteiger partial charge in [0.1, 0.15) is 4.83 Å². The van der Waals surface area contributed by atoms with Crippen molar-refractivity contribution in [2.75, 3.05) is 6.61 Å². The largest absolute Gasteiger partial charge is 0.481 e. The fourth-order valence-electron chi connectivity index (χ4n) is 1.89. The average Bonchev–Trinajstić information content (AvgIpc) is 2.86. The van der Waals surface area contributed by atoms with E-state index >= 15 is 0 Å². The van der Waals surface area contributed by atoms with E-state index in [1.54, 1.807) is 12.3 Å². The Morgan fingerprint density at radius 2 is 2.24 bits per heavy atom. The van der Waals surface area contributed by atoms with Crippen LogP contribution in [0.15, 0.2) is 16.5 Å². The molecule has 2 aromatic rings. The molecule has 112 valence electrons. The maximum absolute atomic E-state index is 12.4. The van der Waals surface area contributed by atoms with Gasteiger partial charge in [0.25, 0.3) is 5.56 Å². The second-order valence-electron chi connectivity index (χ2n) is 4.29. The number of esters is 1. The molecule has 0 saturated heterocycles. The number of carboxylic acid groups (broad SMARTS) is 1. The van der Waals surface area contributed by atoms with Gasteiger partial charge in [-0.05, 0) is 13.3 Å². The quantitative estimate of drug-likeness (QED) is 0.812. The molecule has 0 aliphatic carbocycles. The van der Waals surface area contributed by atoms with Gasteiger partial charge in [-0.2, -0.15) is 0 Å². The van der Waals surface area contributed by atoms with Crippen LogP contribution in [0.25, 0.3) is 10.2 Å². The number of ether oxygens (including phenoxy) is 1. The van der Waals surface area contributed by atoms with E-state index < -0.39 is 11.9 Å². The van der Waals surface area contributed by atoms with Crippen LogP contribution in [0.4, 0.5) is 0 Å². The predicted octanol–water partition coefficient (Wildman–Crippen LogP) is 1.50. The van der Waals surface area contributed by atoms with Gasteiger partial charge < -0.3 is 9.84 Å². The molecule has 0 aromatic carbocycles. The number of fused-ring (bicyclic) bond motifs is 1. The molecule has 8 heteroatoms. The third-order valence-electron chi connectivity index (χ3n) is 2.85. The SMILES string of the molecule is CCOC(=O)c1csc2ncn(CCCC(=O)O)c(=O)c12. The smallest absolute Gasteiger partial charge is 0.339 e. The monoisotopic (exact) mass is 310 g/mol. The Morgan fingerprint density at radius 1 is 1.48 bits per heavy atom. The maximum Gasteiger partial charge on any atom is 0.339 e. The minimum atomic E-state index is -0.917. The van der Waals surface area contributed by atoms with Crippen LogP contribution in [-0.2, 0) is 16.1 Å². The van der Waals surface area contributed by atoms with E-state index in [9.17, 15) is 14.4 Å². The van der Waals surface area contributed by atoms with Gasteiger partial charge in [0.05, 0.1) is 23.9 Å². The van der Waals surface area contributed by atoms with Crippen molar-refractivity contribution in [3.63, 3.8) is 0 Å². The Hall–Kier alpha value is -2.22. The lowest BCUT2D eigenvalue weighted by Gasteiger charge is -2.05. The Labute approximate surface area is 123 Å². The average molecular weight is 310 g/mol. The van der Waals surface area contributed by atoms with Crippen molar-refractivity contribution in [2.45, 2.75) is 26.3 Å². The number of rotatable bonds is 6.